The van der Waals surface area contributed by atoms with Gasteiger partial charge >= 0.3 is 18.0 Å². The Labute approximate surface area is 220 Å². The Morgan fingerprint density at radius 1 is 1.05 bits per heavy atom. The lowest BCUT2D eigenvalue weighted by Gasteiger charge is -2.57. The van der Waals surface area contributed by atoms with Crippen molar-refractivity contribution >= 4 is 18.0 Å². The van der Waals surface area contributed by atoms with Crippen molar-refractivity contribution in [1.29, 1.82) is 0 Å². The quantitative estimate of drug-likeness (QED) is 0.505. The molecule has 10 heteroatoms. The number of amides is 2. The van der Waals surface area contributed by atoms with E-state index < -0.39 is 59.6 Å². The molecule has 0 aromatic heterocycles. The molecule has 3 fully saturated rings. The summed E-state index contributed by atoms with van der Waals surface area (Å²) in [5.41, 5.74) is -0.778. The van der Waals surface area contributed by atoms with Gasteiger partial charge in [0.1, 0.15) is 17.2 Å². The molecule has 1 saturated carbocycles. The van der Waals surface area contributed by atoms with Crippen LogP contribution in [0.15, 0.2) is 60.7 Å². The van der Waals surface area contributed by atoms with Crippen LogP contribution in [0.25, 0.3) is 0 Å². The number of rotatable bonds is 8. The number of ether oxygens (including phenoxy) is 5. The predicted octanol–water partition coefficient (Wildman–Crippen LogP) is 2.45. The van der Waals surface area contributed by atoms with Gasteiger partial charge in [0.2, 0.25) is 0 Å². The molecule has 202 valence electrons. The Hall–Kier alpha value is -3.47. The standard InChI is InChI=1S/C28H32N2O8/c1-17(31)38-27(2)14-20-25(34-3)37-23-24(32)36-21(27)22(35-16-19-12-8-5-9-13-19)28(20,23)30-26(33)29-15-18-10-6-4-7-11-18/h4-13,20-23,25H,14-16H2,1-3H3,(H2,29,30,33)/t20-,21+,22?,23-,25+,27+,28-/m1/s1. The van der Waals surface area contributed by atoms with Crippen molar-refractivity contribution in [3.8, 4) is 0 Å². The van der Waals surface area contributed by atoms with Crippen LogP contribution in [-0.2, 0) is 46.4 Å². The first-order valence-electron chi connectivity index (χ1n) is 12.6. The highest BCUT2D eigenvalue weighted by atomic mass is 16.7. The zero-order valence-corrected chi connectivity index (χ0v) is 21.5. The number of carbonyl (C=O) groups excluding carboxylic acids is 3. The molecule has 1 aliphatic carbocycles. The molecule has 2 N–H and O–H groups in total. The highest BCUT2D eigenvalue weighted by molar-refractivity contribution is 5.83. The van der Waals surface area contributed by atoms with E-state index in [1.807, 2.05) is 60.7 Å². The SMILES string of the molecule is CO[C@H]1O[C@@H]2C(=O)O[C@H]3C(OCc4ccccc4)[C@]2(NC(=O)NCc2ccccc2)[C@@H]1C[C@]3(C)OC(C)=O. The van der Waals surface area contributed by atoms with Gasteiger partial charge in [0.05, 0.1) is 6.61 Å². The second-order valence-corrected chi connectivity index (χ2v) is 10.1. The molecule has 10 nitrogen and oxygen atoms in total. The number of carbonyl (C=O) groups is 3. The van der Waals surface area contributed by atoms with Gasteiger partial charge in [-0.05, 0) is 18.1 Å². The smallest absolute Gasteiger partial charge is 0.338 e. The van der Waals surface area contributed by atoms with E-state index in [0.717, 1.165) is 11.1 Å². The van der Waals surface area contributed by atoms with Crippen molar-refractivity contribution in [1.82, 2.24) is 10.6 Å². The highest BCUT2D eigenvalue weighted by Gasteiger charge is 2.76. The molecular formula is C28H32N2O8. The number of nitrogens with one attached hydrogen (secondary N) is 2. The van der Waals surface area contributed by atoms with Gasteiger partial charge in [-0.2, -0.15) is 0 Å². The normalized spacial score (nSPS) is 33.2. The Kier molecular flexibility index (Phi) is 7.13. The summed E-state index contributed by atoms with van der Waals surface area (Å²) in [6.07, 6.45) is -3.75. The van der Waals surface area contributed by atoms with Crippen LogP contribution in [-0.4, -0.2) is 60.8 Å². The minimum Gasteiger partial charge on any atom is -0.455 e. The molecule has 2 aromatic carbocycles. The van der Waals surface area contributed by atoms with Crippen LogP contribution >= 0.6 is 0 Å². The maximum atomic E-state index is 13.3. The molecule has 2 aromatic rings. The summed E-state index contributed by atoms with van der Waals surface area (Å²) in [5.74, 6) is -1.80. The molecule has 2 heterocycles. The highest BCUT2D eigenvalue weighted by Crippen LogP contribution is 2.55. The maximum absolute atomic E-state index is 13.3. The molecule has 2 amide bonds. The van der Waals surface area contributed by atoms with Crippen molar-refractivity contribution in [2.75, 3.05) is 7.11 Å². The largest absolute Gasteiger partial charge is 0.455 e. The number of fused-ring (bicyclic) bond motifs is 1. The molecule has 1 unspecified atom stereocenters. The summed E-state index contributed by atoms with van der Waals surface area (Å²) in [5, 5.41) is 5.92. The van der Waals surface area contributed by atoms with E-state index in [-0.39, 0.29) is 19.6 Å². The van der Waals surface area contributed by atoms with Crippen LogP contribution in [0.5, 0.6) is 0 Å². The lowest BCUT2D eigenvalue weighted by molar-refractivity contribution is -0.257. The molecule has 38 heavy (non-hydrogen) atoms. The molecular weight excluding hydrogens is 492 g/mol. The first-order chi connectivity index (χ1) is 18.3. The first kappa shape index (κ1) is 26.1. The van der Waals surface area contributed by atoms with Crippen LogP contribution in [0.3, 0.4) is 0 Å². The van der Waals surface area contributed by atoms with Crippen molar-refractivity contribution in [2.45, 2.75) is 69.2 Å². The second-order valence-electron chi connectivity index (χ2n) is 10.1. The minimum absolute atomic E-state index is 0.169. The van der Waals surface area contributed by atoms with Gasteiger partial charge < -0.3 is 34.3 Å². The molecule has 2 bridgehead atoms. The number of hydrogen-bond acceptors (Lipinski definition) is 8. The monoisotopic (exact) mass is 524 g/mol. The third-order valence-corrected chi connectivity index (χ3v) is 7.58. The van der Waals surface area contributed by atoms with Gasteiger partial charge in [-0.25, -0.2) is 9.59 Å². The Balaban J connectivity index is 1.51. The van der Waals surface area contributed by atoms with Crippen LogP contribution in [0.1, 0.15) is 31.4 Å². The summed E-state index contributed by atoms with van der Waals surface area (Å²) >= 11 is 0. The molecule has 7 atom stereocenters. The fourth-order valence-electron chi connectivity index (χ4n) is 6.02. The average molecular weight is 525 g/mol. The number of urea groups is 1. The fraction of sp³-hybridized carbons (Fsp3) is 0.464. The lowest BCUT2D eigenvalue weighted by Crippen LogP contribution is -2.80. The second kappa shape index (κ2) is 10.4. The third kappa shape index (κ3) is 4.63. The van der Waals surface area contributed by atoms with Crippen molar-refractivity contribution in [3.63, 3.8) is 0 Å². The molecule has 3 aliphatic rings. The van der Waals surface area contributed by atoms with Gasteiger partial charge in [0.25, 0.3) is 0 Å². The van der Waals surface area contributed by atoms with Crippen molar-refractivity contribution < 1.29 is 38.1 Å². The zero-order valence-electron chi connectivity index (χ0n) is 21.5. The van der Waals surface area contributed by atoms with Crippen LogP contribution in [0, 0.1) is 5.92 Å². The summed E-state index contributed by atoms with van der Waals surface area (Å²) in [4.78, 5) is 38.8. The number of methoxy groups -OCH3 is 1. The van der Waals surface area contributed by atoms with Gasteiger partial charge in [0.15, 0.2) is 18.5 Å². The average Bonchev–Trinajstić information content (AvgIpc) is 3.23. The molecule has 2 saturated heterocycles. The van der Waals surface area contributed by atoms with Gasteiger partial charge in [0, 0.05) is 32.9 Å². The van der Waals surface area contributed by atoms with Gasteiger partial charge in [-0.3, -0.25) is 4.79 Å². The van der Waals surface area contributed by atoms with Crippen LogP contribution in [0.2, 0.25) is 0 Å². The van der Waals surface area contributed by atoms with Gasteiger partial charge in [-0.15, -0.1) is 0 Å². The summed E-state index contributed by atoms with van der Waals surface area (Å²) in [7, 11) is 1.46. The summed E-state index contributed by atoms with van der Waals surface area (Å²) in [6, 6.07) is 18.5. The maximum Gasteiger partial charge on any atom is 0.338 e. The summed E-state index contributed by atoms with van der Waals surface area (Å²) in [6.45, 7) is 3.45. The molecule has 0 radical (unpaired) electrons. The minimum atomic E-state index is -1.34. The number of benzene rings is 2. The van der Waals surface area contributed by atoms with E-state index in [9.17, 15) is 14.4 Å². The predicted molar refractivity (Wildman–Crippen MR) is 133 cm³/mol. The Morgan fingerprint density at radius 2 is 1.71 bits per heavy atom. The molecule has 0 spiro atoms. The van der Waals surface area contributed by atoms with E-state index >= 15 is 0 Å². The topological polar surface area (TPSA) is 121 Å². The Bertz CT molecular complexity index is 1180. The van der Waals surface area contributed by atoms with E-state index in [1.54, 1.807) is 6.92 Å². The fourth-order valence-corrected chi connectivity index (χ4v) is 6.02. The van der Waals surface area contributed by atoms with Crippen LogP contribution < -0.4 is 10.6 Å². The zero-order chi connectivity index (χ0) is 26.9. The number of esters is 2. The van der Waals surface area contributed by atoms with Crippen molar-refractivity contribution in [2.24, 2.45) is 5.92 Å². The van der Waals surface area contributed by atoms with Crippen molar-refractivity contribution in [3.05, 3.63) is 71.8 Å². The number of hydrogen-bond donors (Lipinski definition) is 2. The summed E-state index contributed by atoms with van der Waals surface area (Å²) < 4.78 is 29.7. The van der Waals surface area contributed by atoms with E-state index in [0.29, 0.717) is 0 Å². The van der Waals surface area contributed by atoms with Gasteiger partial charge in [-0.1, -0.05) is 60.7 Å². The van der Waals surface area contributed by atoms with Crippen LogP contribution in [0.4, 0.5) is 4.79 Å². The molecule has 5 rings (SSSR count). The van der Waals surface area contributed by atoms with E-state index in [4.69, 9.17) is 23.7 Å². The first-order valence-corrected chi connectivity index (χ1v) is 12.6. The van der Waals surface area contributed by atoms with E-state index in [2.05, 4.69) is 10.6 Å². The lowest BCUT2D eigenvalue weighted by atomic mass is 9.61. The Morgan fingerprint density at radius 3 is 2.34 bits per heavy atom. The molecule has 2 aliphatic heterocycles. The van der Waals surface area contributed by atoms with E-state index in [1.165, 1.54) is 14.0 Å². The third-order valence-electron chi connectivity index (χ3n) is 7.58.